The zero-order valence-corrected chi connectivity index (χ0v) is 9.39. The third kappa shape index (κ3) is 2.16. The van der Waals surface area contributed by atoms with Crippen LogP contribution in [-0.2, 0) is 6.54 Å². The molecule has 86 valence electrons. The molecule has 0 spiro atoms. The van der Waals surface area contributed by atoms with Crippen LogP contribution in [0, 0.1) is 23.0 Å². The molecule has 0 unspecified atom stereocenters. The van der Waals surface area contributed by atoms with Crippen molar-refractivity contribution in [3.8, 4) is 17.3 Å². The van der Waals surface area contributed by atoms with Crippen LogP contribution in [-0.4, -0.2) is 4.98 Å². The van der Waals surface area contributed by atoms with Crippen molar-refractivity contribution >= 4 is 11.3 Å². The highest BCUT2D eigenvalue weighted by molar-refractivity contribution is 7.12. The highest BCUT2D eigenvalue weighted by Crippen LogP contribution is 2.29. The highest BCUT2D eigenvalue weighted by atomic mass is 32.1. The molecule has 0 radical (unpaired) electrons. The molecule has 0 atom stereocenters. The quantitative estimate of drug-likeness (QED) is 0.891. The van der Waals surface area contributed by atoms with Gasteiger partial charge in [0.15, 0.2) is 0 Å². The Bertz CT molecular complexity index is 601. The molecule has 2 aromatic rings. The molecular formula is C11H7F2N3S. The lowest BCUT2D eigenvalue weighted by atomic mass is 10.1. The summed E-state index contributed by atoms with van der Waals surface area (Å²) in [6, 6.07) is 5.08. The van der Waals surface area contributed by atoms with Crippen molar-refractivity contribution in [3.63, 3.8) is 0 Å². The van der Waals surface area contributed by atoms with Gasteiger partial charge in [-0.25, -0.2) is 13.8 Å². The van der Waals surface area contributed by atoms with Gasteiger partial charge in [0.25, 0.3) is 0 Å². The maximum absolute atomic E-state index is 13.5. The number of halogens is 2. The predicted octanol–water partition coefficient (Wildman–Crippen LogP) is 2.42. The van der Waals surface area contributed by atoms with Crippen molar-refractivity contribution in [1.29, 1.82) is 5.26 Å². The van der Waals surface area contributed by atoms with E-state index in [1.165, 1.54) is 6.07 Å². The van der Waals surface area contributed by atoms with Gasteiger partial charge in [-0.1, -0.05) is 0 Å². The van der Waals surface area contributed by atoms with Crippen LogP contribution in [0.5, 0.6) is 0 Å². The lowest BCUT2D eigenvalue weighted by Gasteiger charge is -1.99. The fourth-order valence-electron chi connectivity index (χ4n) is 1.39. The van der Waals surface area contributed by atoms with E-state index < -0.39 is 11.6 Å². The Morgan fingerprint density at radius 1 is 1.41 bits per heavy atom. The minimum atomic E-state index is -0.740. The van der Waals surface area contributed by atoms with E-state index in [-0.39, 0.29) is 22.7 Å². The Labute approximate surface area is 100 Å². The predicted molar refractivity (Wildman–Crippen MR) is 60.1 cm³/mol. The van der Waals surface area contributed by atoms with Gasteiger partial charge in [0, 0.05) is 18.2 Å². The summed E-state index contributed by atoms with van der Waals surface area (Å²) in [4.78, 5) is 4.34. The second-order valence-electron chi connectivity index (χ2n) is 3.23. The van der Waals surface area contributed by atoms with Gasteiger partial charge in [0.05, 0.1) is 0 Å². The minimum absolute atomic E-state index is 0.110. The maximum atomic E-state index is 13.5. The molecule has 0 amide bonds. The smallest absolute Gasteiger partial charge is 0.135 e. The van der Waals surface area contributed by atoms with Crippen molar-refractivity contribution in [3.05, 3.63) is 39.7 Å². The molecule has 0 aliphatic heterocycles. The fourth-order valence-corrected chi connectivity index (χ4v) is 2.15. The van der Waals surface area contributed by atoms with Gasteiger partial charge in [-0.05, 0) is 12.1 Å². The van der Waals surface area contributed by atoms with Gasteiger partial charge in [0.2, 0.25) is 0 Å². The number of nitrogens with zero attached hydrogens (tertiary/aromatic N) is 2. The molecule has 1 heterocycles. The number of aromatic nitrogens is 1. The minimum Gasteiger partial charge on any atom is -0.325 e. The van der Waals surface area contributed by atoms with E-state index in [1.54, 1.807) is 0 Å². The molecule has 17 heavy (non-hydrogen) atoms. The van der Waals surface area contributed by atoms with E-state index in [0.29, 0.717) is 5.01 Å². The Morgan fingerprint density at radius 3 is 2.76 bits per heavy atom. The second kappa shape index (κ2) is 4.57. The van der Waals surface area contributed by atoms with Gasteiger partial charge < -0.3 is 5.73 Å². The molecule has 2 rings (SSSR count). The summed E-state index contributed by atoms with van der Waals surface area (Å²) in [5.41, 5.74) is 5.74. The molecule has 3 nitrogen and oxygen atoms in total. The number of benzene rings is 1. The zero-order chi connectivity index (χ0) is 12.4. The van der Waals surface area contributed by atoms with Gasteiger partial charge in [-0.15, -0.1) is 11.3 Å². The van der Waals surface area contributed by atoms with Crippen molar-refractivity contribution in [2.75, 3.05) is 0 Å². The molecule has 2 N–H and O–H groups in total. The van der Waals surface area contributed by atoms with E-state index in [9.17, 15) is 8.78 Å². The SMILES string of the molecule is N#Cc1sc(CN)nc1-c1ccc(F)cc1F. The van der Waals surface area contributed by atoms with Crippen molar-refractivity contribution in [2.45, 2.75) is 6.54 Å². The van der Waals surface area contributed by atoms with E-state index >= 15 is 0 Å². The summed E-state index contributed by atoms with van der Waals surface area (Å²) >= 11 is 1.11. The molecule has 0 saturated carbocycles. The van der Waals surface area contributed by atoms with Crippen LogP contribution in [0.25, 0.3) is 11.3 Å². The molecule has 1 aromatic heterocycles. The number of hydrogen-bond donors (Lipinski definition) is 1. The Hall–Kier alpha value is -1.84. The van der Waals surface area contributed by atoms with Gasteiger partial charge in [0.1, 0.15) is 33.3 Å². The van der Waals surface area contributed by atoms with Gasteiger partial charge in [-0.2, -0.15) is 5.26 Å². The maximum Gasteiger partial charge on any atom is 0.135 e. The molecule has 0 fully saturated rings. The van der Waals surface area contributed by atoms with Gasteiger partial charge in [-0.3, -0.25) is 0 Å². The van der Waals surface area contributed by atoms with Crippen LogP contribution in [0.1, 0.15) is 9.88 Å². The van der Waals surface area contributed by atoms with Crippen LogP contribution in [0.4, 0.5) is 8.78 Å². The number of nitrogens with two attached hydrogens (primary N) is 1. The van der Waals surface area contributed by atoms with E-state index in [0.717, 1.165) is 23.5 Å². The molecule has 6 heteroatoms. The molecule has 0 bridgehead atoms. The normalized spacial score (nSPS) is 10.2. The Balaban J connectivity index is 2.60. The lowest BCUT2D eigenvalue weighted by Crippen LogP contribution is -1.95. The average Bonchev–Trinajstić information content (AvgIpc) is 2.72. The molecule has 0 aliphatic rings. The summed E-state index contributed by atoms with van der Waals surface area (Å²) in [5, 5.41) is 9.46. The van der Waals surface area contributed by atoms with E-state index in [2.05, 4.69) is 4.98 Å². The number of hydrogen-bond acceptors (Lipinski definition) is 4. The van der Waals surface area contributed by atoms with Crippen LogP contribution >= 0.6 is 11.3 Å². The topological polar surface area (TPSA) is 62.7 Å². The summed E-state index contributed by atoms with van der Waals surface area (Å²) in [7, 11) is 0. The van der Waals surface area contributed by atoms with Crippen molar-refractivity contribution in [1.82, 2.24) is 4.98 Å². The lowest BCUT2D eigenvalue weighted by molar-refractivity contribution is 0.585. The Kier molecular flexibility index (Phi) is 3.13. The number of thiazole rings is 1. The summed E-state index contributed by atoms with van der Waals surface area (Å²) < 4.78 is 26.3. The van der Waals surface area contributed by atoms with E-state index in [1.807, 2.05) is 6.07 Å². The first-order valence-electron chi connectivity index (χ1n) is 4.71. The second-order valence-corrected chi connectivity index (χ2v) is 4.31. The molecule has 0 saturated heterocycles. The van der Waals surface area contributed by atoms with Gasteiger partial charge >= 0.3 is 0 Å². The summed E-state index contributed by atoms with van der Waals surface area (Å²) in [6.45, 7) is 0.183. The standard InChI is InChI=1S/C11H7F2N3S/c12-6-1-2-7(8(13)3-6)11-9(4-14)17-10(5-15)16-11/h1-3H,5,15H2. The number of nitriles is 1. The Morgan fingerprint density at radius 2 is 2.18 bits per heavy atom. The average molecular weight is 251 g/mol. The van der Waals surface area contributed by atoms with Crippen LogP contribution < -0.4 is 5.73 Å². The number of rotatable bonds is 2. The van der Waals surface area contributed by atoms with Crippen molar-refractivity contribution in [2.24, 2.45) is 5.73 Å². The van der Waals surface area contributed by atoms with Crippen LogP contribution in [0.3, 0.4) is 0 Å². The first-order chi connectivity index (χ1) is 8.15. The first-order valence-corrected chi connectivity index (χ1v) is 5.52. The third-order valence-electron chi connectivity index (χ3n) is 2.13. The zero-order valence-electron chi connectivity index (χ0n) is 8.58. The fraction of sp³-hybridized carbons (Fsp3) is 0.0909. The van der Waals surface area contributed by atoms with Crippen molar-refractivity contribution < 1.29 is 8.78 Å². The first kappa shape index (κ1) is 11.6. The van der Waals surface area contributed by atoms with Crippen LogP contribution in [0.2, 0.25) is 0 Å². The molecule has 1 aromatic carbocycles. The third-order valence-corrected chi connectivity index (χ3v) is 3.12. The van der Waals surface area contributed by atoms with E-state index in [4.69, 9.17) is 11.0 Å². The molecular weight excluding hydrogens is 244 g/mol. The summed E-state index contributed by atoms with van der Waals surface area (Å²) in [6.07, 6.45) is 0. The largest absolute Gasteiger partial charge is 0.325 e. The molecule has 0 aliphatic carbocycles. The summed E-state index contributed by atoms with van der Waals surface area (Å²) in [5.74, 6) is -1.41. The highest BCUT2D eigenvalue weighted by Gasteiger charge is 2.16. The monoisotopic (exact) mass is 251 g/mol. The van der Waals surface area contributed by atoms with Crippen LogP contribution in [0.15, 0.2) is 18.2 Å².